The summed E-state index contributed by atoms with van der Waals surface area (Å²) in [6.45, 7) is 3.19. The lowest BCUT2D eigenvalue weighted by molar-refractivity contribution is -0.152. The highest BCUT2D eigenvalue weighted by Crippen LogP contribution is 2.40. The summed E-state index contributed by atoms with van der Waals surface area (Å²) in [6.07, 6.45) is 0. The molecule has 19 heavy (non-hydrogen) atoms. The molecule has 1 aromatic rings. The van der Waals surface area contributed by atoms with Crippen LogP contribution in [0.1, 0.15) is 25.5 Å². The number of carbonyl (C=O) groups is 1. The molecule has 0 spiro atoms. The first-order valence-electron chi connectivity index (χ1n) is 5.24. The Morgan fingerprint density at radius 1 is 1.53 bits per heavy atom. The Bertz CT molecular complexity index is 482. The Morgan fingerprint density at radius 2 is 2.05 bits per heavy atom. The predicted molar refractivity (Wildman–Crippen MR) is 75.7 cm³/mol. The number of phenols is 1. The molecule has 0 saturated heterocycles. The van der Waals surface area contributed by atoms with Gasteiger partial charge in [-0.05, 0) is 35.8 Å². The fourth-order valence-corrected chi connectivity index (χ4v) is 1.95. The molecule has 4 nitrogen and oxygen atoms in total. The van der Waals surface area contributed by atoms with Crippen molar-refractivity contribution in [3.63, 3.8) is 0 Å². The number of phenolic OH excluding ortho intramolecular Hbond substituents is 1. The normalized spacial score (nSPS) is 12.5. The SMILES string of the molecule is COC(=O)C(C)(C)[C@H](N)c1ccc(F)c(Br)c1O.Cl. The number of rotatable bonds is 3. The summed E-state index contributed by atoms with van der Waals surface area (Å²) in [6, 6.07) is 1.71. The molecule has 0 bridgehead atoms. The number of nitrogens with two attached hydrogens (primary N) is 1. The standard InChI is InChI=1S/C12H15BrFNO3.ClH/c1-12(2,11(17)18-3)10(15)6-4-5-7(14)8(13)9(6)16;/h4-5,10,16H,15H2,1-3H3;1H/t10-;/m1./s1. The number of hydrogen-bond donors (Lipinski definition) is 2. The molecule has 1 atom stereocenters. The van der Waals surface area contributed by atoms with Crippen LogP contribution >= 0.6 is 28.3 Å². The molecule has 1 aromatic carbocycles. The van der Waals surface area contributed by atoms with Crippen molar-refractivity contribution < 1.29 is 19.0 Å². The van der Waals surface area contributed by atoms with Crippen LogP contribution in [0.5, 0.6) is 5.75 Å². The van der Waals surface area contributed by atoms with E-state index in [4.69, 9.17) is 5.73 Å². The maximum absolute atomic E-state index is 13.2. The van der Waals surface area contributed by atoms with Crippen LogP contribution in [0.4, 0.5) is 4.39 Å². The van der Waals surface area contributed by atoms with Gasteiger partial charge in [-0.2, -0.15) is 0 Å². The molecule has 0 aliphatic heterocycles. The van der Waals surface area contributed by atoms with Crippen LogP contribution in [-0.4, -0.2) is 18.2 Å². The predicted octanol–water partition coefficient (Wildman–Crippen LogP) is 2.91. The number of ether oxygens (including phenoxy) is 1. The molecule has 0 aliphatic carbocycles. The first-order chi connectivity index (χ1) is 8.23. The van der Waals surface area contributed by atoms with Gasteiger partial charge < -0.3 is 15.6 Å². The zero-order chi connectivity index (χ0) is 14.1. The summed E-state index contributed by atoms with van der Waals surface area (Å²) < 4.78 is 17.8. The Morgan fingerprint density at radius 3 is 2.53 bits per heavy atom. The van der Waals surface area contributed by atoms with Crippen molar-refractivity contribution in [2.24, 2.45) is 11.1 Å². The largest absolute Gasteiger partial charge is 0.506 e. The average molecular weight is 357 g/mol. The maximum atomic E-state index is 13.2. The minimum absolute atomic E-state index is 0. The van der Waals surface area contributed by atoms with Crippen molar-refractivity contribution in [1.82, 2.24) is 0 Å². The van der Waals surface area contributed by atoms with Gasteiger partial charge in [-0.1, -0.05) is 6.07 Å². The van der Waals surface area contributed by atoms with E-state index < -0.39 is 23.2 Å². The first kappa shape index (κ1) is 18.1. The summed E-state index contributed by atoms with van der Waals surface area (Å²) in [5.74, 6) is -1.41. The highest BCUT2D eigenvalue weighted by molar-refractivity contribution is 9.10. The highest BCUT2D eigenvalue weighted by Gasteiger charge is 2.38. The van der Waals surface area contributed by atoms with Crippen molar-refractivity contribution in [2.45, 2.75) is 19.9 Å². The molecular weight excluding hydrogens is 340 g/mol. The Hall–Kier alpha value is -0.850. The van der Waals surface area contributed by atoms with E-state index in [1.807, 2.05) is 0 Å². The molecule has 7 heteroatoms. The fraction of sp³-hybridized carbons (Fsp3) is 0.417. The molecule has 0 unspecified atom stereocenters. The Labute approximate surface area is 125 Å². The van der Waals surface area contributed by atoms with Crippen molar-refractivity contribution in [1.29, 1.82) is 0 Å². The fourth-order valence-electron chi connectivity index (χ4n) is 1.58. The van der Waals surface area contributed by atoms with E-state index in [1.54, 1.807) is 13.8 Å². The third-order valence-electron chi connectivity index (χ3n) is 2.92. The van der Waals surface area contributed by atoms with E-state index >= 15 is 0 Å². The van der Waals surface area contributed by atoms with Crippen molar-refractivity contribution in [2.75, 3.05) is 7.11 Å². The second kappa shape index (κ2) is 6.54. The molecule has 0 aliphatic rings. The van der Waals surface area contributed by atoms with E-state index in [9.17, 15) is 14.3 Å². The summed E-state index contributed by atoms with van der Waals surface area (Å²) >= 11 is 2.92. The second-order valence-corrected chi connectivity index (χ2v) is 5.28. The monoisotopic (exact) mass is 355 g/mol. The van der Waals surface area contributed by atoms with Crippen LogP contribution in [0.2, 0.25) is 0 Å². The van der Waals surface area contributed by atoms with E-state index in [-0.39, 0.29) is 28.2 Å². The highest BCUT2D eigenvalue weighted by atomic mass is 79.9. The molecule has 0 radical (unpaired) electrons. The second-order valence-electron chi connectivity index (χ2n) is 4.49. The van der Waals surface area contributed by atoms with Crippen LogP contribution < -0.4 is 5.73 Å². The topological polar surface area (TPSA) is 72.5 Å². The van der Waals surface area contributed by atoms with Gasteiger partial charge in [0.1, 0.15) is 11.6 Å². The lowest BCUT2D eigenvalue weighted by Crippen LogP contribution is -2.37. The van der Waals surface area contributed by atoms with E-state index in [2.05, 4.69) is 20.7 Å². The van der Waals surface area contributed by atoms with Crippen LogP contribution in [0.25, 0.3) is 0 Å². The van der Waals surface area contributed by atoms with Crippen molar-refractivity contribution in [3.05, 3.63) is 28.0 Å². The van der Waals surface area contributed by atoms with E-state index in [0.717, 1.165) is 0 Å². The minimum Gasteiger partial charge on any atom is -0.506 e. The zero-order valence-electron chi connectivity index (χ0n) is 10.7. The molecule has 3 N–H and O–H groups in total. The summed E-state index contributed by atoms with van der Waals surface area (Å²) in [5.41, 5.74) is 5.20. The zero-order valence-corrected chi connectivity index (χ0v) is 13.1. The molecule has 0 amide bonds. The average Bonchev–Trinajstić information content (AvgIpc) is 2.34. The van der Waals surface area contributed by atoms with Gasteiger partial charge in [-0.15, -0.1) is 12.4 Å². The van der Waals surface area contributed by atoms with Gasteiger partial charge in [0.2, 0.25) is 0 Å². The lowest BCUT2D eigenvalue weighted by Gasteiger charge is -2.29. The van der Waals surface area contributed by atoms with Crippen molar-refractivity contribution in [3.8, 4) is 5.75 Å². The minimum atomic E-state index is -1.04. The van der Waals surface area contributed by atoms with Crippen LogP contribution in [0, 0.1) is 11.2 Å². The van der Waals surface area contributed by atoms with E-state index in [1.165, 1.54) is 19.2 Å². The number of carbonyl (C=O) groups excluding carboxylic acids is 1. The summed E-state index contributed by atoms with van der Waals surface area (Å²) in [7, 11) is 1.26. The number of aromatic hydroxyl groups is 1. The van der Waals surface area contributed by atoms with Crippen molar-refractivity contribution >= 4 is 34.3 Å². The molecule has 0 fully saturated rings. The van der Waals surface area contributed by atoms with Gasteiger partial charge in [-0.25, -0.2) is 4.39 Å². The van der Waals surface area contributed by atoms with Gasteiger partial charge in [-0.3, -0.25) is 4.79 Å². The number of halogens is 3. The Kier molecular flexibility index (Phi) is 6.25. The third kappa shape index (κ3) is 3.38. The van der Waals surface area contributed by atoms with Gasteiger partial charge in [0.25, 0.3) is 0 Å². The quantitative estimate of drug-likeness (QED) is 0.817. The smallest absolute Gasteiger partial charge is 0.313 e. The van der Waals surface area contributed by atoms with Gasteiger partial charge >= 0.3 is 5.97 Å². The van der Waals surface area contributed by atoms with E-state index in [0.29, 0.717) is 0 Å². The van der Waals surface area contributed by atoms with Gasteiger partial charge in [0.05, 0.1) is 17.0 Å². The summed E-state index contributed by atoms with van der Waals surface area (Å²) in [4.78, 5) is 11.6. The number of esters is 1. The van der Waals surface area contributed by atoms with Crippen LogP contribution in [0.15, 0.2) is 16.6 Å². The number of hydrogen-bond acceptors (Lipinski definition) is 4. The van der Waals surface area contributed by atoms with Gasteiger partial charge in [0, 0.05) is 11.6 Å². The molecule has 0 saturated carbocycles. The van der Waals surface area contributed by atoms with Gasteiger partial charge in [0.15, 0.2) is 0 Å². The molecule has 0 aromatic heterocycles. The molecular formula is C12H16BrClFNO3. The first-order valence-corrected chi connectivity index (χ1v) is 6.03. The third-order valence-corrected chi connectivity index (χ3v) is 3.68. The number of benzene rings is 1. The van der Waals surface area contributed by atoms with Crippen LogP contribution in [-0.2, 0) is 9.53 Å². The maximum Gasteiger partial charge on any atom is 0.313 e. The Balaban J connectivity index is 0.00000324. The molecule has 1 rings (SSSR count). The summed E-state index contributed by atoms with van der Waals surface area (Å²) in [5, 5.41) is 9.85. The lowest BCUT2D eigenvalue weighted by atomic mass is 9.80. The van der Waals surface area contributed by atoms with Crippen LogP contribution in [0.3, 0.4) is 0 Å². The molecule has 0 heterocycles. The molecule has 108 valence electrons. The number of methoxy groups -OCH3 is 1.